The largest absolute Gasteiger partial charge is 0.349 e. The van der Waals surface area contributed by atoms with Crippen LogP contribution in [0.4, 0.5) is 0 Å². The molecule has 6 rings (SSSR count). The number of para-hydroxylation sites is 1. The van der Waals surface area contributed by atoms with Crippen molar-refractivity contribution in [2.24, 2.45) is 13.0 Å². The Morgan fingerprint density at radius 2 is 1.89 bits per heavy atom. The lowest BCUT2D eigenvalue weighted by molar-refractivity contribution is -0.140. The van der Waals surface area contributed by atoms with Crippen LogP contribution in [0.15, 0.2) is 47.8 Å². The number of thiophene rings is 1. The Hall–Kier alpha value is -4.09. The van der Waals surface area contributed by atoms with Crippen molar-refractivity contribution in [1.82, 2.24) is 35.2 Å². The van der Waals surface area contributed by atoms with E-state index in [0.717, 1.165) is 51.3 Å². The highest BCUT2D eigenvalue weighted by molar-refractivity contribution is 7.13. The zero-order valence-corrected chi connectivity index (χ0v) is 27.7. The van der Waals surface area contributed by atoms with Crippen LogP contribution in [0.25, 0.3) is 21.5 Å². The first-order valence-corrected chi connectivity index (χ1v) is 17.2. The third-order valence-electron chi connectivity index (χ3n) is 9.37. The lowest BCUT2D eigenvalue weighted by atomic mass is 9.84. The van der Waals surface area contributed by atoms with Crippen LogP contribution in [-0.4, -0.2) is 74.5 Å². The number of benzene rings is 1. The van der Waals surface area contributed by atoms with Crippen LogP contribution in [0.2, 0.25) is 0 Å². The molecule has 2 fully saturated rings. The summed E-state index contributed by atoms with van der Waals surface area (Å²) in [5.74, 6) is 0.0726. The number of pyridine rings is 1. The molecule has 1 aliphatic heterocycles. The van der Waals surface area contributed by atoms with E-state index in [1.165, 1.54) is 19.3 Å². The molecule has 0 spiro atoms. The summed E-state index contributed by atoms with van der Waals surface area (Å²) in [6, 6.07) is 13.9. The smallest absolute Gasteiger partial charge is 0.252 e. The second-order valence-electron chi connectivity index (χ2n) is 12.7. The molecule has 3 aromatic heterocycles. The SMILES string of the molecule is Cc1cc(CNC(=O)CN2CCN(Cc3c(-c4cccs4)nc4ccccc4c3C(=O)NC(C)C3CCCCC3)CC2=O)n(C)n1. The van der Waals surface area contributed by atoms with Gasteiger partial charge in [0, 0.05) is 43.7 Å². The molecule has 0 radical (unpaired) electrons. The van der Waals surface area contributed by atoms with Gasteiger partial charge in [-0.15, -0.1) is 11.3 Å². The molecule has 4 heterocycles. The van der Waals surface area contributed by atoms with E-state index < -0.39 is 0 Å². The molecular formula is C35H43N7O3S. The lowest BCUT2D eigenvalue weighted by Gasteiger charge is -2.34. The highest BCUT2D eigenvalue weighted by Crippen LogP contribution is 2.34. The lowest BCUT2D eigenvalue weighted by Crippen LogP contribution is -2.52. The molecule has 0 bridgehead atoms. The highest BCUT2D eigenvalue weighted by atomic mass is 32.1. The quantitative estimate of drug-likeness (QED) is 0.261. The van der Waals surface area contributed by atoms with E-state index in [-0.39, 0.29) is 36.9 Å². The number of piperazine rings is 1. The van der Waals surface area contributed by atoms with Gasteiger partial charge in [0.1, 0.15) is 0 Å². The average molecular weight is 642 g/mol. The second-order valence-corrected chi connectivity index (χ2v) is 13.6. The van der Waals surface area contributed by atoms with Crippen molar-refractivity contribution >= 4 is 40.0 Å². The maximum atomic E-state index is 14.2. The molecule has 46 heavy (non-hydrogen) atoms. The summed E-state index contributed by atoms with van der Waals surface area (Å²) in [6.45, 7) is 5.96. The third kappa shape index (κ3) is 7.15. The molecule has 2 N–H and O–H groups in total. The standard InChI is InChI=1S/C35H43N7O3S/c1-23-18-26(40(3)39-23)19-36-31(43)21-42-16-15-41(22-32(42)44)20-28-33(35(45)37-24(2)25-10-5-4-6-11-25)27-12-7-8-13-29(27)38-34(28)30-14-9-17-46-30/h7-9,12-14,17-18,24-25H,4-6,10-11,15-16,19-22H2,1-3H3,(H,36,43)(H,37,45). The van der Waals surface area contributed by atoms with Crippen LogP contribution in [0, 0.1) is 12.8 Å². The fourth-order valence-corrected chi connectivity index (χ4v) is 7.59. The summed E-state index contributed by atoms with van der Waals surface area (Å²) in [7, 11) is 1.85. The fraction of sp³-hybridized carbons (Fsp3) is 0.457. The molecule has 10 nitrogen and oxygen atoms in total. The van der Waals surface area contributed by atoms with Crippen molar-refractivity contribution in [2.45, 2.75) is 65.1 Å². The summed E-state index contributed by atoms with van der Waals surface area (Å²) in [6.07, 6.45) is 5.96. The molecule has 1 unspecified atom stereocenters. The molecule has 2 aliphatic rings. The van der Waals surface area contributed by atoms with E-state index in [2.05, 4.69) is 27.6 Å². The maximum Gasteiger partial charge on any atom is 0.252 e. The van der Waals surface area contributed by atoms with E-state index in [4.69, 9.17) is 4.98 Å². The topological polar surface area (TPSA) is 112 Å². The summed E-state index contributed by atoms with van der Waals surface area (Å²) in [5.41, 5.74) is 4.82. The average Bonchev–Trinajstić information content (AvgIpc) is 3.70. The summed E-state index contributed by atoms with van der Waals surface area (Å²) in [4.78, 5) is 50.0. The van der Waals surface area contributed by atoms with Gasteiger partial charge in [0.2, 0.25) is 11.8 Å². The number of hydrogen-bond donors (Lipinski definition) is 2. The molecule has 11 heteroatoms. The summed E-state index contributed by atoms with van der Waals surface area (Å²) in [5, 5.41) is 13.4. The molecule has 1 aliphatic carbocycles. The predicted molar refractivity (Wildman–Crippen MR) is 180 cm³/mol. The van der Waals surface area contributed by atoms with E-state index in [0.29, 0.717) is 37.7 Å². The molecule has 1 saturated heterocycles. The minimum atomic E-state index is -0.203. The molecule has 1 atom stereocenters. The van der Waals surface area contributed by atoms with E-state index in [1.807, 2.05) is 61.8 Å². The van der Waals surface area contributed by atoms with Crippen molar-refractivity contribution < 1.29 is 14.4 Å². The van der Waals surface area contributed by atoms with Gasteiger partial charge in [-0.1, -0.05) is 43.5 Å². The fourth-order valence-electron chi connectivity index (χ4n) is 6.84. The number of aryl methyl sites for hydroxylation is 2. The van der Waals surface area contributed by atoms with Crippen molar-refractivity contribution in [3.63, 3.8) is 0 Å². The molecular weight excluding hydrogens is 598 g/mol. The Morgan fingerprint density at radius 3 is 2.61 bits per heavy atom. The first-order chi connectivity index (χ1) is 22.3. The number of amides is 3. The van der Waals surface area contributed by atoms with Gasteiger partial charge < -0.3 is 15.5 Å². The molecule has 1 aromatic carbocycles. The number of hydrogen-bond acceptors (Lipinski definition) is 7. The van der Waals surface area contributed by atoms with Crippen molar-refractivity contribution in [1.29, 1.82) is 0 Å². The van der Waals surface area contributed by atoms with Crippen LogP contribution in [0.3, 0.4) is 0 Å². The molecule has 1 saturated carbocycles. The van der Waals surface area contributed by atoms with Gasteiger partial charge in [0.25, 0.3) is 5.91 Å². The first-order valence-electron chi connectivity index (χ1n) is 16.3. The second kappa shape index (κ2) is 14.1. The van der Waals surface area contributed by atoms with Crippen LogP contribution >= 0.6 is 11.3 Å². The normalized spacial score (nSPS) is 16.9. The number of carbonyl (C=O) groups is 3. The van der Waals surface area contributed by atoms with Gasteiger partial charge in [-0.05, 0) is 56.2 Å². The van der Waals surface area contributed by atoms with Crippen molar-refractivity contribution in [3.05, 3.63) is 70.4 Å². The van der Waals surface area contributed by atoms with Crippen LogP contribution in [-0.2, 0) is 29.7 Å². The van der Waals surface area contributed by atoms with Crippen molar-refractivity contribution in [2.75, 3.05) is 26.2 Å². The molecule has 242 valence electrons. The zero-order valence-electron chi connectivity index (χ0n) is 26.9. The Bertz CT molecular complexity index is 1710. The van der Waals surface area contributed by atoms with Gasteiger partial charge in [-0.2, -0.15) is 5.10 Å². The number of nitrogens with one attached hydrogen (secondary N) is 2. The van der Waals surface area contributed by atoms with E-state index in [1.54, 1.807) is 20.9 Å². The van der Waals surface area contributed by atoms with Crippen LogP contribution in [0.1, 0.15) is 66.3 Å². The third-order valence-corrected chi connectivity index (χ3v) is 10.2. The Kier molecular flexibility index (Phi) is 9.79. The number of carbonyl (C=O) groups excluding carboxylic acids is 3. The minimum Gasteiger partial charge on any atom is -0.349 e. The summed E-state index contributed by atoms with van der Waals surface area (Å²) >= 11 is 1.59. The van der Waals surface area contributed by atoms with Crippen LogP contribution < -0.4 is 10.6 Å². The van der Waals surface area contributed by atoms with Gasteiger partial charge >= 0.3 is 0 Å². The van der Waals surface area contributed by atoms with Gasteiger partial charge in [-0.25, -0.2) is 4.98 Å². The number of nitrogens with zero attached hydrogens (tertiary/aromatic N) is 5. The van der Waals surface area contributed by atoms with Crippen molar-refractivity contribution in [3.8, 4) is 10.6 Å². The predicted octanol–water partition coefficient (Wildman–Crippen LogP) is 4.66. The van der Waals surface area contributed by atoms with E-state index >= 15 is 0 Å². The monoisotopic (exact) mass is 641 g/mol. The Balaban J connectivity index is 1.21. The number of rotatable bonds is 10. The highest BCUT2D eigenvalue weighted by Gasteiger charge is 2.30. The van der Waals surface area contributed by atoms with E-state index in [9.17, 15) is 14.4 Å². The Morgan fingerprint density at radius 1 is 1.09 bits per heavy atom. The Labute approximate surface area is 274 Å². The van der Waals surface area contributed by atoms with Gasteiger partial charge in [-0.3, -0.25) is 24.0 Å². The maximum absolute atomic E-state index is 14.2. The molecule has 3 amide bonds. The summed E-state index contributed by atoms with van der Waals surface area (Å²) < 4.78 is 1.75. The van der Waals surface area contributed by atoms with Gasteiger partial charge in [0.15, 0.2) is 0 Å². The van der Waals surface area contributed by atoms with Gasteiger partial charge in [0.05, 0.1) is 52.7 Å². The zero-order chi connectivity index (χ0) is 32.2. The van der Waals surface area contributed by atoms with Crippen LogP contribution in [0.5, 0.6) is 0 Å². The number of fused-ring (bicyclic) bond motifs is 1. The number of aromatic nitrogens is 3. The first kappa shape index (κ1) is 31.9. The molecule has 4 aromatic rings. The minimum absolute atomic E-state index is 0.00813.